The lowest BCUT2D eigenvalue weighted by atomic mass is 10.1. The number of carbonyl (C=O) groups is 2. The Bertz CT molecular complexity index is 993. The van der Waals surface area contributed by atoms with Gasteiger partial charge in [0.25, 0.3) is 0 Å². The van der Waals surface area contributed by atoms with E-state index in [4.69, 9.17) is 23.2 Å². The molecule has 0 aromatic heterocycles. The van der Waals surface area contributed by atoms with Crippen LogP contribution >= 0.6 is 44.8 Å². The molecule has 0 unspecified atom stereocenters. The highest BCUT2D eigenvalue weighted by atomic mass is 35.5. The molecule has 6 nitrogen and oxygen atoms in total. The number of phenols is 2. The third kappa shape index (κ3) is 5.66. The van der Waals surface area contributed by atoms with Crippen LogP contribution in [0.5, 0.6) is 11.5 Å². The molecule has 2 rings (SSSR count). The fourth-order valence-electron chi connectivity index (χ4n) is 2.35. The molecule has 0 fully saturated rings. The molecule has 158 valence electrons. The Hall–Kier alpha value is -2.26. The molecule has 10 heteroatoms. The summed E-state index contributed by atoms with van der Waals surface area (Å²) in [4.78, 5) is 23.3. The van der Waals surface area contributed by atoms with Crippen molar-refractivity contribution in [3.05, 3.63) is 67.4 Å². The van der Waals surface area contributed by atoms with Gasteiger partial charge >= 0.3 is 11.9 Å². The molecule has 4 N–H and O–H groups in total. The lowest BCUT2D eigenvalue weighted by molar-refractivity contribution is -0.132. The Morgan fingerprint density at radius 1 is 0.733 bits per heavy atom. The highest BCUT2D eigenvalue weighted by Crippen LogP contribution is 2.43. The summed E-state index contributed by atoms with van der Waals surface area (Å²) in [7, 11) is 1.53. The van der Waals surface area contributed by atoms with Gasteiger partial charge in [-0.25, -0.2) is 9.59 Å². The SMILES string of the molecule is C/C(=C(/SS/C(C(=O)O)=C(/C)c1ccc(Cl)c(O)c1)C(=O)O)c1ccc(Cl)c(O)c1. The van der Waals surface area contributed by atoms with Crippen molar-refractivity contribution in [3.8, 4) is 11.5 Å². The van der Waals surface area contributed by atoms with Gasteiger partial charge in [-0.2, -0.15) is 0 Å². The van der Waals surface area contributed by atoms with E-state index in [1.54, 1.807) is 26.0 Å². The second-order valence-electron chi connectivity index (χ2n) is 6.02. The largest absolute Gasteiger partial charge is 0.506 e. The maximum absolute atomic E-state index is 11.8. The number of hydrogen-bond donors (Lipinski definition) is 4. The van der Waals surface area contributed by atoms with Gasteiger partial charge < -0.3 is 20.4 Å². The molecule has 0 aliphatic rings. The van der Waals surface area contributed by atoms with E-state index in [-0.39, 0.29) is 31.4 Å². The summed E-state index contributed by atoms with van der Waals surface area (Å²) in [6, 6.07) is 8.66. The monoisotopic (exact) mass is 486 g/mol. The first-order valence-electron chi connectivity index (χ1n) is 8.23. The normalized spacial score (nSPS) is 12.8. The minimum absolute atomic E-state index is 0.104. The summed E-state index contributed by atoms with van der Waals surface area (Å²) in [6.07, 6.45) is 0. The van der Waals surface area contributed by atoms with Crippen molar-refractivity contribution in [1.82, 2.24) is 0 Å². The quantitative estimate of drug-likeness (QED) is 0.273. The number of halogens is 2. The molecule has 0 radical (unpaired) electrons. The maximum atomic E-state index is 11.8. The van der Waals surface area contributed by atoms with Crippen LogP contribution in [0.2, 0.25) is 10.0 Å². The van der Waals surface area contributed by atoms with Crippen molar-refractivity contribution in [1.29, 1.82) is 0 Å². The van der Waals surface area contributed by atoms with Gasteiger partial charge in [0.1, 0.15) is 21.3 Å². The van der Waals surface area contributed by atoms with Crippen LogP contribution in [0.4, 0.5) is 0 Å². The molecule has 0 amide bonds. The van der Waals surface area contributed by atoms with E-state index < -0.39 is 11.9 Å². The fourth-order valence-corrected chi connectivity index (χ4v) is 5.06. The molecule has 2 aromatic carbocycles. The van der Waals surface area contributed by atoms with Crippen LogP contribution in [0.3, 0.4) is 0 Å². The topological polar surface area (TPSA) is 115 Å². The predicted octanol–water partition coefficient (Wildman–Crippen LogP) is 6.12. The standard InChI is InChI=1S/C20H16Cl2O6S2/c1-9(11-3-5-13(21)15(23)7-11)17(19(25)26)29-30-18(20(27)28)10(2)12-4-6-14(22)16(24)8-12/h3-8,23-24H,1-2H3,(H,25,26)(H,27,28)/b17-9-,18-10-. The number of carboxylic acids is 2. The van der Waals surface area contributed by atoms with E-state index in [1.165, 1.54) is 24.3 Å². The van der Waals surface area contributed by atoms with Crippen molar-refractivity contribution in [2.24, 2.45) is 0 Å². The summed E-state index contributed by atoms with van der Waals surface area (Å²) in [5.74, 6) is -2.88. The summed E-state index contributed by atoms with van der Waals surface area (Å²) in [5, 5.41) is 39.0. The number of aliphatic carboxylic acids is 2. The van der Waals surface area contributed by atoms with Crippen LogP contribution < -0.4 is 0 Å². The van der Waals surface area contributed by atoms with Crippen LogP contribution in [0.25, 0.3) is 11.1 Å². The molecule has 0 saturated heterocycles. The minimum Gasteiger partial charge on any atom is -0.506 e. The number of phenolic OH excluding ortho intramolecular Hbond substituents is 2. The van der Waals surface area contributed by atoms with Gasteiger partial charge in [-0.15, -0.1) is 0 Å². The summed E-state index contributed by atoms with van der Waals surface area (Å²) in [6.45, 7) is 3.10. The zero-order chi connectivity index (χ0) is 22.6. The maximum Gasteiger partial charge on any atom is 0.343 e. The van der Waals surface area contributed by atoms with Gasteiger partial charge in [-0.1, -0.05) is 35.3 Å². The Kier molecular flexibility index (Phi) is 8.14. The molecule has 30 heavy (non-hydrogen) atoms. The molecule has 0 saturated carbocycles. The average molecular weight is 487 g/mol. The van der Waals surface area contributed by atoms with Crippen LogP contribution in [-0.2, 0) is 9.59 Å². The first-order valence-corrected chi connectivity index (χ1v) is 11.1. The van der Waals surface area contributed by atoms with Crippen LogP contribution in [-0.4, -0.2) is 32.4 Å². The Labute approximate surface area is 190 Å². The van der Waals surface area contributed by atoms with Crippen molar-refractivity contribution in [3.63, 3.8) is 0 Å². The van der Waals surface area contributed by atoms with Crippen molar-refractivity contribution in [2.75, 3.05) is 0 Å². The van der Waals surface area contributed by atoms with E-state index in [0.29, 0.717) is 22.3 Å². The number of rotatable bonds is 7. The average Bonchev–Trinajstić information content (AvgIpc) is 2.68. The second kappa shape index (κ2) is 10.2. The minimum atomic E-state index is -1.24. The van der Waals surface area contributed by atoms with Gasteiger partial charge in [0.15, 0.2) is 0 Å². The van der Waals surface area contributed by atoms with Gasteiger partial charge in [0.2, 0.25) is 0 Å². The molecule has 0 spiro atoms. The molecular weight excluding hydrogens is 471 g/mol. The predicted molar refractivity (Wildman–Crippen MR) is 122 cm³/mol. The van der Waals surface area contributed by atoms with Crippen LogP contribution in [0.1, 0.15) is 25.0 Å². The lowest BCUT2D eigenvalue weighted by Gasteiger charge is -2.11. The van der Waals surface area contributed by atoms with Crippen LogP contribution in [0, 0.1) is 0 Å². The molecular formula is C20H16Cl2O6S2. The number of allylic oxidation sites excluding steroid dienone is 2. The highest BCUT2D eigenvalue weighted by Gasteiger charge is 2.21. The number of benzene rings is 2. The fraction of sp³-hybridized carbons (Fsp3) is 0.100. The smallest absolute Gasteiger partial charge is 0.343 e. The van der Waals surface area contributed by atoms with Crippen LogP contribution in [0.15, 0.2) is 46.2 Å². The summed E-state index contributed by atoms with van der Waals surface area (Å²) >= 11 is 11.6. The zero-order valence-electron chi connectivity index (χ0n) is 15.6. The second-order valence-corrected chi connectivity index (χ2v) is 8.98. The van der Waals surface area contributed by atoms with Crippen molar-refractivity contribution >= 4 is 67.9 Å². The third-order valence-corrected chi connectivity index (χ3v) is 7.30. The Balaban J connectivity index is 2.42. The number of aromatic hydroxyl groups is 2. The number of carboxylic acid groups (broad SMARTS) is 2. The Morgan fingerprint density at radius 2 is 1.07 bits per heavy atom. The first kappa shape index (κ1) is 24.0. The molecule has 0 heterocycles. The summed E-state index contributed by atoms with van der Waals surface area (Å²) < 4.78 is 0. The van der Waals surface area contributed by atoms with Crippen molar-refractivity contribution in [2.45, 2.75) is 13.8 Å². The first-order chi connectivity index (χ1) is 14.0. The molecule has 2 aromatic rings. The zero-order valence-corrected chi connectivity index (χ0v) is 18.8. The van der Waals surface area contributed by atoms with Gasteiger partial charge in [-0.05, 0) is 82.0 Å². The van der Waals surface area contributed by atoms with E-state index in [0.717, 1.165) is 21.6 Å². The third-order valence-electron chi connectivity index (χ3n) is 4.04. The van der Waals surface area contributed by atoms with E-state index in [1.807, 2.05) is 0 Å². The summed E-state index contributed by atoms with van der Waals surface area (Å²) in [5.41, 5.74) is 1.53. The molecule has 0 atom stereocenters. The number of hydrogen-bond acceptors (Lipinski definition) is 6. The Morgan fingerprint density at radius 3 is 1.33 bits per heavy atom. The van der Waals surface area contributed by atoms with E-state index >= 15 is 0 Å². The van der Waals surface area contributed by atoms with Gasteiger partial charge in [0, 0.05) is 0 Å². The molecule has 0 bridgehead atoms. The van der Waals surface area contributed by atoms with Gasteiger partial charge in [-0.3, -0.25) is 0 Å². The molecule has 0 aliphatic carbocycles. The highest BCUT2D eigenvalue weighted by molar-refractivity contribution is 8.80. The lowest BCUT2D eigenvalue weighted by Crippen LogP contribution is -2.02. The molecule has 0 aliphatic heterocycles. The van der Waals surface area contributed by atoms with E-state index in [9.17, 15) is 30.0 Å². The van der Waals surface area contributed by atoms with E-state index in [2.05, 4.69) is 0 Å². The van der Waals surface area contributed by atoms with Crippen molar-refractivity contribution < 1.29 is 30.0 Å². The van der Waals surface area contributed by atoms with Gasteiger partial charge in [0.05, 0.1) is 10.0 Å².